The zero-order valence-electron chi connectivity index (χ0n) is 12.0. The Morgan fingerprint density at radius 3 is 2.50 bits per heavy atom. The molecule has 1 heterocycles. The van der Waals surface area contributed by atoms with Crippen LogP contribution in [-0.4, -0.2) is 48.2 Å². The van der Waals surface area contributed by atoms with Gasteiger partial charge in [0, 0.05) is 40.9 Å². The van der Waals surface area contributed by atoms with E-state index in [1.165, 1.54) is 0 Å². The Morgan fingerprint density at radius 2 is 1.95 bits per heavy atom. The minimum atomic E-state index is 0.139. The molecule has 1 aromatic carbocycles. The fourth-order valence-electron chi connectivity index (χ4n) is 2.64. The molecule has 1 aliphatic heterocycles. The van der Waals surface area contributed by atoms with Crippen molar-refractivity contribution in [3.63, 3.8) is 0 Å². The van der Waals surface area contributed by atoms with Crippen molar-refractivity contribution in [2.45, 2.75) is 25.9 Å². The van der Waals surface area contributed by atoms with Crippen LogP contribution in [0.3, 0.4) is 0 Å². The van der Waals surface area contributed by atoms with Crippen molar-refractivity contribution >= 4 is 27.5 Å². The first kappa shape index (κ1) is 15.1. The number of oxime groups is 1. The Bertz CT molecular complexity index is 508. The summed E-state index contributed by atoms with van der Waals surface area (Å²) in [5.74, 6) is 0.139. The largest absolute Gasteiger partial charge is 0.409 e. The number of anilines is 1. The van der Waals surface area contributed by atoms with Crippen LogP contribution in [0, 0.1) is 0 Å². The monoisotopic (exact) mass is 340 g/mol. The summed E-state index contributed by atoms with van der Waals surface area (Å²) in [7, 11) is 2.15. The maximum absolute atomic E-state index is 8.97. The lowest BCUT2D eigenvalue weighted by Gasteiger charge is -2.44. The summed E-state index contributed by atoms with van der Waals surface area (Å²) in [6.07, 6.45) is 0. The van der Waals surface area contributed by atoms with E-state index in [9.17, 15) is 0 Å². The van der Waals surface area contributed by atoms with Crippen LogP contribution in [0.1, 0.15) is 19.4 Å². The van der Waals surface area contributed by atoms with Gasteiger partial charge in [-0.05, 0) is 39.1 Å². The van der Waals surface area contributed by atoms with Gasteiger partial charge in [0.1, 0.15) is 0 Å². The van der Waals surface area contributed by atoms with Crippen LogP contribution >= 0.6 is 15.9 Å². The van der Waals surface area contributed by atoms with E-state index in [4.69, 9.17) is 10.9 Å². The summed E-state index contributed by atoms with van der Waals surface area (Å²) in [4.78, 5) is 4.67. The molecular weight excluding hydrogens is 320 g/mol. The molecule has 2 rings (SSSR count). The SMILES string of the molecule is CC1CN(c2ccc(Br)cc2/C(N)=N/O)CC(C)N1C. The molecule has 0 spiro atoms. The number of hydrogen-bond acceptors (Lipinski definition) is 4. The Hall–Kier alpha value is -1.27. The fourth-order valence-corrected chi connectivity index (χ4v) is 3.01. The van der Waals surface area contributed by atoms with Crippen LogP contribution in [0.4, 0.5) is 5.69 Å². The quantitative estimate of drug-likeness (QED) is 0.374. The Labute approximate surface area is 128 Å². The van der Waals surface area contributed by atoms with Crippen LogP contribution in [0.2, 0.25) is 0 Å². The van der Waals surface area contributed by atoms with E-state index in [2.05, 4.69) is 51.8 Å². The van der Waals surface area contributed by atoms with Gasteiger partial charge < -0.3 is 15.8 Å². The summed E-state index contributed by atoms with van der Waals surface area (Å²) >= 11 is 3.43. The molecule has 0 saturated carbocycles. The van der Waals surface area contributed by atoms with E-state index in [1.807, 2.05) is 18.2 Å². The maximum atomic E-state index is 8.97. The highest BCUT2D eigenvalue weighted by Crippen LogP contribution is 2.27. The van der Waals surface area contributed by atoms with Crippen molar-refractivity contribution in [2.75, 3.05) is 25.0 Å². The number of amidine groups is 1. The molecule has 5 nitrogen and oxygen atoms in total. The van der Waals surface area contributed by atoms with Crippen molar-refractivity contribution in [1.82, 2.24) is 4.90 Å². The second-order valence-corrected chi connectivity index (χ2v) is 6.33. The summed E-state index contributed by atoms with van der Waals surface area (Å²) in [6.45, 7) is 6.28. The molecule has 1 aromatic rings. The van der Waals surface area contributed by atoms with Crippen LogP contribution in [0.15, 0.2) is 27.8 Å². The normalized spacial score (nSPS) is 25.0. The molecule has 0 aliphatic carbocycles. The molecule has 0 aromatic heterocycles. The van der Waals surface area contributed by atoms with Crippen molar-refractivity contribution in [3.05, 3.63) is 28.2 Å². The number of nitrogens with zero attached hydrogens (tertiary/aromatic N) is 3. The third kappa shape index (κ3) is 2.91. The predicted octanol–water partition coefficient (Wildman–Crippen LogP) is 2.07. The van der Waals surface area contributed by atoms with Gasteiger partial charge in [-0.1, -0.05) is 21.1 Å². The number of rotatable bonds is 2. The van der Waals surface area contributed by atoms with Gasteiger partial charge in [0.2, 0.25) is 0 Å². The summed E-state index contributed by atoms with van der Waals surface area (Å²) in [5, 5.41) is 12.1. The third-order valence-corrected chi connectivity index (χ3v) is 4.54. The second-order valence-electron chi connectivity index (χ2n) is 5.42. The lowest BCUT2D eigenvalue weighted by Crippen LogP contribution is -2.55. The van der Waals surface area contributed by atoms with Gasteiger partial charge in [0.25, 0.3) is 0 Å². The third-order valence-electron chi connectivity index (χ3n) is 4.04. The minimum Gasteiger partial charge on any atom is -0.409 e. The molecular formula is C14H21BrN4O. The predicted molar refractivity (Wildman–Crippen MR) is 85.6 cm³/mol. The molecule has 1 aliphatic rings. The Kier molecular flexibility index (Phi) is 4.55. The first-order valence-corrected chi connectivity index (χ1v) is 7.47. The molecule has 1 fully saturated rings. The van der Waals surface area contributed by atoms with Gasteiger partial charge in [-0.25, -0.2) is 0 Å². The molecule has 6 heteroatoms. The molecule has 110 valence electrons. The highest BCUT2D eigenvalue weighted by molar-refractivity contribution is 9.10. The van der Waals surface area contributed by atoms with E-state index in [1.54, 1.807) is 0 Å². The fraction of sp³-hybridized carbons (Fsp3) is 0.500. The van der Waals surface area contributed by atoms with Crippen LogP contribution in [0.5, 0.6) is 0 Å². The van der Waals surface area contributed by atoms with E-state index < -0.39 is 0 Å². The van der Waals surface area contributed by atoms with Crippen LogP contribution < -0.4 is 10.6 Å². The van der Waals surface area contributed by atoms with Crippen molar-refractivity contribution < 1.29 is 5.21 Å². The highest BCUT2D eigenvalue weighted by Gasteiger charge is 2.28. The summed E-state index contributed by atoms with van der Waals surface area (Å²) < 4.78 is 0.915. The smallest absolute Gasteiger partial charge is 0.172 e. The Balaban J connectivity index is 2.38. The average molecular weight is 341 g/mol. The van der Waals surface area contributed by atoms with Crippen LogP contribution in [0.25, 0.3) is 0 Å². The maximum Gasteiger partial charge on any atom is 0.172 e. The highest BCUT2D eigenvalue weighted by atomic mass is 79.9. The molecule has 0 amide bonds. The van der Waals surface area contributed by atoms with E-state index in [-0.39, 0.29) is 5.84 Å². The molecule has 3 N–H and O–H groups in total. The number of nitrogens with two attached hydrogens (primary N) is 1. The zero-order valence-corrected chi connectivity index (χ0v) is 13.6. The van der Waals surface area contributed by atoms with Crippen LogP contribution in [-0.2, 0) is 0 Å². The molecule has 0 bridgehead atoms. The van der Waals surface area contributed by atoms with Gasteiger partial charge in [-0.15, -0.1) is 0 Å². The van der Waals surface area contributed by atoms with Gasteiger partial charge in [0.05, 0.1) is 0 Å². The number of hydrogen-bond donors (Lipinski definition) is 2. The minimum absolute atomic E-state index is 0.139. The molecule has 0 radical (unpaired) electrons. The molecule has 1 saturated heterocycles. The molecule has 2 unspecified atom stereocenters. The van der Waals surface area contributed by atoms with Gasteiger partial charge in [-0.3, -0.25) is 4.90 Å². The van der Waals surface area contributed by atoms with Crippen molar-refractivity contribution in [3.8, 4) is 0 Å². The van der Waals surface area contributed by atoms with Crippen molar-refractivity contribution in [2.24, 2.45) is 10.9 Å². The first-order valence-electron chi connectivity index (χ1n) is 6.68. The van der Waals surface area contributed by atoms with Gasteiger partial charge in [0.15, 0.2) is 5.84 Å². The van der Waals surface area contributed by atoms with Crippen molar-refractivity contribution in [1.29, 1.82) is 0 Å². The van der Waals surface area contributed by atoms with Gasteiger partial charge in [-0.2, -0.15) is 0 Å². The summed E-state index contributed by atoms with van der Waals surface area (Å²) in [6, 6.07) is 6.81. The van der Waals surface area contributed by atoms with Gasteiger partial charge >= 0.3 is 0 Å². The number of likely N-dealkylation sites (N-methyl/N-ethyl adjacent to an activating group) is 1. The summed E-state index contributed by atoms with van der Waals surface area (Å²) in [5.41, 5.74) is 7.57. The first-order chi connectivity index (χ1) is 9.43. The number of halogens is 1. The Morgan fingerprint density at radius 1 is 1.35 bits per heavy atom. The number of piperazine rings is 1. The lowest BCUT2D eigenvalue weighted by atomic mass is 10.1. The standard InChI is InChI=1S/C14H21BrN4O/c1-9-7-19(8-10(2)18(9)3)13-5-4-11(15)6-12(13)14(16)17-20/h4-6,9-10,20H,7-8H2,1-3H3,(H2,16,17). The molecule has 20 heavy (non-hydrogen) atoms. The van der Waals surface area contributed by atoms with E-state index in [0.29, 0.717) is 12.1 Å². The average Bonchev–Trinajstić information content (AvgIpc) is 2.43. The number of benzene rings is 1. The lowest BCUT2D eigenvalue weighted by molar-refractivity contribution is 0.170. The second kappa shape index (κ2) is 6.01. The van der Waals surface area contributed by atoms with E-state index >= 15 is 0 Å². The zero-order chi connectivity index (χ0) is 14.9. The topological polar surface area (TPSA) is 65.1 Å². The van der Waals surface area contributed by atoms with E-state index in [0.717, 1.165) is 28.8 Å². The molecule has 2 atom stereocenters.